The molecule has 0 unspecified atom stereocenters. The molecule has 3 aromatic rings. The van der Waals surface area contributed by atoms with Gasteiger partial charge in [0.05, 0.1) is 0 Å². The van der Waals surface area contributed by atoms with Gasteiger partial charge in [-0.3, -0.25) is 13.9 Å². The minimum Gasteiger partial charge on any atom is -0.329 e. The molecule has 1 heterocycles. The standard InChI is InChI=1S/C10H8O6S2.C5H5NO/c11-17(12,13)9-5-1-3-7-8(9)4-2-6-10(7)18(14,15)16;7-5-3-1-2-4-6-5/h1-6H,(H,11,12,13)(H,14,15,16);1-4H,(H,6,7). The van der Waals surface area contributed by atoms with E-state index in [0.29, 0.717) is 0 Å². The third kappa shape index (κ3) is 4.73. The molecule has 2 aromatic carbocycles. The van der Waals surface area contributed by atoms with Gasteiger partial charge in [0.15, 0.2) is 0 Å². The first-order chi connectivity index (χ1) is 11.6. The molecular formula is C15H13NO7S2. The number of aromatic amines is 1. The van der Waals surface area contributed by atoms with Crippen LogP contribution in [0.25, 0.3) is 10.8 Å². The maximum Gasteiger partial charge on any atom is 0.295 e. The van der Waals surface area contributed by atoms with E-state index in [1.165, 1.54) is 30.3 Å². The van der Waals surface area contributed by atoms with E-state index in [1.54, 1.807) is 18.3 Å². The Bertz CT molecular complexity index is 1080. The average molecular weight is 383 g/mol. The number of H-pyrrole nitrogens is 1. The molecule has 8 nitrogen and oxygen atoms in total. The molecule has 0 amide bonds. The fourth-order valence-corrected chi connectivity index (χ4v) is 3.49. The number of fused-ring (bicyclic) bond motifs is 1. The second-order valence-electron chi connectivity index (χ2n) is 4.78. The van der Waals surface area contributed by atoms with Crippen molar-refractivity contribution in [1.29, 1.82) is 0 Å². The Morgan fingerprint density at radius 2 is 1.16 bits per heavy atom. The molecule has 0 aliphatic rings. The summed E-state index contributed by atoms with van der Waals surface area (Å²) >= 11 is 0. The Morgan fingerprint density at radius 1 is 0.680 bits per heavy atom. The van der Waals surface area contributed by atoms with Crippen LogP contribution in [0.4, 0.5) is 0 Å². The summed E-state index contributed by atoms with van der Waals surface area (Å²) in [6.45, 7) is 0. The Kier molecular flexibility index (Phi) is 5.38. The van der Waals surface area contributed by atoms with Crippen molar-refractivity contribution >= 4 is 31.0 Å². The minimum absolute atomic E-state index is 0.0233. The van der Waals surface area contributed by atoms with Gasteiger partial charge in [-0.15, -0.1) is 0 Å². The number of rotatable bonds is 2. The second-order valence-corrected chi connectivity index (χ2v) is 7.56. The molecule has 0 fully saturated rings. The molecule has 10 heteroatoms. The fourth-order valence-electron chi connectivity index (χ4n) is 2.08. The van der Waals surface area contributed by atoms with Crippen molar-refractivity contribution in [3.63, 3.8) is 0 Å². The van der Waals surface area contributed by atoms with E-state index in [4.69, 9.17) is 9.11 Å². The van der Waals surface area contributed by atoms with Crippen LogP contribution in [0.3, 0.4) is 0 Å². The van der Waals surface area contributed by atoms with Crippen LogP contribution in [-0.2, 0) is 20.2 Å². The highest BCUT2D eigenvalue weighted by Gasteiger charge is 2.18. The molecule has 0 spiro atoms. The molecule has 25 heavy (non-hydrogen) atoms. The Balaban J connectivity index is 0.000000269. The summed E-state index contributed by atoms with van der Waals surface area (Å²) in [7, 11) is -8.94. The van der Waals surface area contributed by atoms with Crippen LogP contribution in [0, 0.1) is 0 Å². The lowest BCUT2D eigenvalue weighted by Crippen LogP contribution is -2.02. The van der Waals surface area contributed by atoms with E-state index in [9.17, 15) is 21.6 Å². The van der Waals surface area contributed by atoms with Crippen molar-refractivity contribution < 1.29 is 25.9 Å². The lowest BCUT2D eigenvalue weighted by molar-refractivity contribution is 0.481. The molecule has 0 bridgehead atoms. The average Bonchev–Trinajstić information content (AvgIpc) is 2.53. The molecule has 0 aliphatic carbocycles. The van der Waals surface area contributed by atoms with Gasteiger partial charge < -0.3 is 4.98 Å². The van der Waals surface area contributed by atoms with Crippen molar-refractivity contribution in [3.05, 3.63) is 71.1 Å². The van der Waals surface area contributed by atoms with Gasteiger partial charge in [-0.05, 0) is 18.2 Å². The minimum atomic E-state index is -4.47. The van der Waals surface area contributed by atoms with E-state index in [0.717, 1.165) is 12.1 Å². The van der Waals surface area contributed by atoms with E-state index < -0.39 is 30.0 Å². The molecule has 3 rings (SSSR count). The van der Waals surface area contributed by atoms with Gasteiger partial charge in [0.25, 0.3) is 20.2 Å². The van der Waals surface area contributed by atoms with Crippen molar-refractivity contribution in [3.8, 4) is 0 Å². The summed E-state index contributed by atoms with van der Waals surface area (Å²) in [6, 6.07) is 12.5. The first-order valence-electron chi connectivity index (χ1n) is 6.71. The van der Waals surface area contributed by atoms with Crippen LogP contribution in [0.5, 0.6) is 0 Å². The number of hydrogen-bond acceptors (Lipinski definition) is 5. The third-order valence-corrected chi connectivity index (χ3v) is 4.90. The monoisotopic (exact) mass is 383 g/mol. The predicted octanol–water partition coefficient (Wildman–Crippen LogP) is 1.71. The van der Waals surface area contributed by atoms with Gasteiger partial charge in [-0.2, -0.15) is 16.8 Å². The highest BCUT2D eigenvalue weighted by Crippen LogP contribution is 2.27. The smallest absolute Gasteiger partial charge is 0.295 e. The van der Waals surface area contributed by atoms with Crippen LogP contribution in [0.15, 0.2) is 75.4 Å². The van der Waals surface area contributed by atoms with E-state index in [2.05, 4.69) is 4.98 Å². The van der Waals surface area contributed by atoms with Gasteiger partial charge in [0.1, 0.15) is 9.79 Å². The van der Waals surface area contributed by atoms with E-state index in [1.807, 2.05) is 0 Å². The molecule has 0 saturated heterocycles. The molecule has 0 radical (unpaired) electrons. The van der Waals surface area contributed by atoms with Crippen LogP contribution in [0.1, 0.15) is 0 Å². The topological polar surface area (TPSA) is 142 Å². The van der Waals surface area contributed by atoms with Crippen molar-refractivity contribution in [2.24, 2.45) is 0 Å². The number of benzene rings is 2. The van der Waals surface area contributed by atoms with Gasteiger partial charge in [-0.1, -0.05) is 30.3 Å². The molecular weight excluding hydrogens is 370 g/mol. The van der Waals surface area contributed by atoms with Crippen LogP contribution in [0.2, 0.25) is 0 Å². The Morgan fingerprint density at radius 3 is 1.44 bits per heavy atom. The number of nitrogens with one attached hydrogen (secondary N) is 1. The Hall–Kier alpha value is -2.53. The SMILES string of the molecule is O=S(=O)(O)c1cccc2c(S(=O)(=O)O)cccc12.O=c1cccc[nH]1. The zero-order valence-corrected chi connectivity index (χ0v) is 14.2. The summed E-state index contributed by atoms with van der Waals surface area (Å²) in [5.41, 5.74) is -0.0532. The normalized spacial score (nSPS) is 11.6. The highest BCUT2D eigenvalue weighted by molar-refractivity contribution is 7.86. The third-order valence-electron chi connectivity index (χ3n) is 3.08. The number of pyridine rings is 1. The zero-order chi connectivity index (χ0) is 18.7. The largest absolute Gasteiger partial charge is 0.329 e. The van der Waals surface area contributed by atoms with Crippen molar-refractivity contribution in [2.75, 3.05) is 0 Å². The molecule has 3 N–H and O–H groups in total. The quantitative estimate of drug-likeness (QED) is 0.572. The summed E-state index contributed by atoms with van der Waals surface area (Å²) in [5, 5.41) is 0.0465. The first-order valence-corrected chi connectivity index (χ1v) is 9.59. The molecule has 0 aliphatic heterocycles. The van der Waals surface area contributed by atoms with Crippen molar-refractivity contribution in [2.45, 2.75) is 9.79 Å². The highest BCUT2D eigenvalue weighted by atomic mass is 32.2. The summed E-state index contributed by atoms with van der Waals surface area (Å²) in [6.07, 6.45) is 1.60. The molecule has 132 valence electrons. The van der Waals surface area contributed by atoms with Crippen LogP contribution >= 0.6 is 0 Å². The van der Waals surface area contributed by atoms with Crippen molar-refractivity contribution in [1.82, 2.24) is 4.98 Å². The van der Waals surface area contributed by atoms with Crippen LogP contribution < -0.4 is 5.56 Å². The maximum absolute atomic E-state index is 11.2. The maximum atomic E-state index is 11.2. The lowest BCUT2D eigenvalue weighted by Gasteiger charge is -2.06. The number of aromatic nitrogens is 1. The van der Waals surface area contributed by atoms with Crippen LogP contribution in [-0.4, -0.2) is 30.9 Å². The van der Waals surface area contributed by atoms with Gasteiger partial charge in [-0.25, -0.2) is 0 Å². The zero-order valence-electron chi connectivity index (χ0n) is 12.5. The second kappa shape index (κ2) is 7.15. The van der Waals surface area contributed by atoms with Gasteiger partial charge >= 0.3 is 0 Å². The summed E-state index contributed by atoms with van der Waals surface area (Å²) in [4.78, 5) is 11.9. The predicted molar refractivity (Wildman–Crippen MR) is 90.6 cm³/mol. The van der Waals surface area contributed by atoms with E-state index >= 15 is 0 Å². The fraction of sp³-hybridized carbons (Fsp3) is 0. The summed E-state index contributed by atoms with van der Waals surface area (Å²) in [5.74, 6) is 0. The van der Waals surface area contributed by atoms with E-state index in [-0.39, 0.29) is 16.3 Å². The Labute approximate surface area is 143 Å². The lowest BCUT2D eigenvalue weighted by atomic mass is 10.1. The molecule has 0 saturated carbocycles. The van der Waals surface area contributed by atoms with Gasteiger partial charge in [0.2, 0.25) is 5.56 Å². The molecule has 1 aromatic heterocycles. The number of hydrogen-bond donors (Lipinski definition) is 3. The first kappa shape index (κ1) is 18.8. The van der Waals surface area contributed by atoms with Gasteiger partial charge in [0, 0.05) is 23.0 Å². The molecule has 0 atom stereocenters. The summed E-state index contributed by atoms with van der Waals surface area (Å²) < 4.78 is 62.7.